The van der Waals surface area contributed by atoms with Crippen LogP contribution in [-0.2, 0) is 16.1 Å². The van der Waals surface area contributed by atoms with Crippen LogP contribution < -0.4 is 5.32 Å². The highest BCUT2D eigenvalue weighted by Crippen LogP contribution is 2.45. The van der Waals surface area contributed by atoms with Gasteiger partial charge in [-0.05, 0) is 44.1 Å². The molecule has 2 aliphatic rings. The molecule has 3 rings (SSSR count). The first-order chi connectivity index (χ1) is 11.0. The standard InChI is InChI=1S/C19H26N2O2/c1-4-19(5-2)16(22)20-18(3,15-11-12-15)17(23)21(19)13-14-9-7-6-8-10-14/h6-10,15H,4-5,11-13H2,1-3H3,(H,20,22). The van der Waals surface area contributed by atoms with E-state index < -0.39 is 11.1 Å². The highest BCUT2D eigenvalue weighted by molar-refractivity contribution is 6.02. The van der Waals surface area contributed by atoms with Crippen molar-refractivity contribution in [1.29, 1.82) is 0 Å². The third-order valence-corrected chi connectivity index (χ3v) is 5.75. The first-order valence-corrected chi connectivity index (χ1v) is 8.66. The smallest absolute Gasteiger partial charge is 0.249 e. The number of nitrogens with zero attached hydrogens (tertiary/aromatic N) is 1. The van der Waals surface area contributed by atoms with Crippen molar-refractivity contribution in [3.8, 4) is 0 Å². The van der Waals surface area contributed by atoms with Crippen LogP contribution in [0, 0.1) is 5.92 Å². The third kappa shape index (κ3) is 2.44. The van der Waals surface area contributed by atoms with Crippen molar-refractivity contribution < 1.29 is 9.59 Å². The molecule has 1 aliphatic heterocycles. The van der Waals surface area contributed by atoms with E-state index in [-0.39, 0.29) is 17.7 Å². The predicted octanol–water partition coefficient (Wildman–Crippen LogP) is 2.87. The van der Waals surface area contributed by atoms with E-state index in [1.165, 1.54) is 0 Å². The van der Waals surface area contributed by atoms with E-state index >= 15 is 0 Å². The van der Waals surface area contributed by atoms with Gasteiger partial charge in [-0.15, -0.1) is 0 Å². The molecule has 23 heavy (non-hydrogen) atoms. The second-order valence-corrected chi connectivity index (χ2v) is 7.05. The summed E-state index contributed by atoms with van der Waals surface area (Å²) in [5, 5.41) is 3.08. The van der Waals surface area contributed by atoms with Crippen LogP contribution >= 0.6 is 0 Å². The van der Waals surface area contributed by atoms with E-state index in [1.807, 2.05) is 56.0 Å². The van der Waals surface area contributed by atoms with Gasteiger partial charge in [0.05, 0.1) is 0 Å². The average Bonchev–Trinajstić information content (AvgIpc) is 3.40. The number of nitrogens with one attached hydrogen (secondary N) is 1. The Kier molecular flexibility index (Phi) is 3.95. The largest absolute Gasteiger partial charge is 0.340 e. The fourth-order valence-electron chi connectivity index (χ4n) is 3.88. The fourth-order valence-corrected chi connectivity index (χ4v) is 3.88. The summed E-state index contributed by atoms with van der Waals surface area (Å²) < 4.78 is 0. The predicted molar refractivity (Wildman–Crippen MR) is 89.6 cm³/mol. The van der Waals surface area contributed by atoms with Crippen LogP contribution in [0.3, 0.4) is 0 Å². The summed E-state index contributed by atoms with van der Waals surface area (Å²) in [6, 6.07) is 9.96. The Morgan fingerprint density at radius 3 is 2.26 bits per heavy atom. The van der Waals surface area contributed by atoms with Crippen molar-refractivity contribution in [2.45, 2.75) is 64.1 Å². The topological polar surface area (TPSA) is 49.4 Å². The lowest BCUT2D eigenvalue weighted by atomic mass is 9.80. The number of amides is 2. The zero-order valence-electron chi connectivity index (χ0n) is 14.3. The van der Waals surface area contributed by atoms with Crippen molar-refractivity contribution in [3.63, 3.8) is 0 Å². The molecule has 4 nitrogen and oxygen atoms in total. The van der Waals surface area contributed by atoms with E-state index in [4.69, 9.17) is 0 Å². The van der Waals surface area contributed by atoms with E-state index in [1.54, 1.807) is 0 Å². The van der Waals surface area contributed by atoms with Crippen molar-refractivity contribution in [2.24, 2.45) is 5.92 Å². The number of hydrogen-bond donors (Lipinski definition) is 1. The second kappa shape index (κ2) is 5.66. The summed E-state index contributed by atoms with van der Waals surface area (Å²) >= 11 is 0. The van der Waals surface area contributed by atoms with E-state index in [2.05, 4.69) is 5.32 Å². The lowest BCUT2D eigenvalue weighted by Crippen LogP contribution is -2.75. The number of carbonyl (C=O) groups excluding carboxylic acids is 2. The maximum absolute atomic E-state index is 13.3. The van der Waals surface area contributed by atoms with Crippen molar-refractivity contribution in [3.05, 3.63) is 35.9 Å². The van der Waals surface area contributed by atoms with Crippen LogP contribution in [0.1, 0.15) is 52.0 Å². The van der Waals surface area contributed by atoms with Gasteiger partial charge in [0, 0.05) is 6.54 Å². The van der Waals surface area contributed by atoms with Crippen LogP contribution in [0.4, 0.5) is 0 Å². The summed E-state index contributed by atoms with van der Waals surface area (Å²) in [5.74, 6) is 0.364. The van der Waals surface area contributed by atoms with E-state index in [0.29, 0.717) is 19.4 Å². The fraction of sp³-hybridized carbons (Fsp3) is 0.579. The Bertz CT molecular complexity index is 605. The first kappa shape index (κ1) is 16.0. The van der Waals surface area contributed by atoms with E-state index in [9.17, 15) is 9.59 Å². The molecule has 1 saturated heterocycles. The minimum atomic E-state index is -0.736. The molecule has 1 aromatic carbocycles. The molecule has 124 valence electrons. The Morgan fingerprint density at radius 2 is 1.74 bits per heavy atom. The number of rotatable bonds is 5. The van der Waals surface area contributed by atoms with Gasteiger partial charge in [-0.25, -0.2) is 0 Å². The average molecular weight is 314 g/mol. The maximum atomic E-state index is 13.3. The molecular weight excluding hydrogens is 288 g/mol. The van der Waals surface area contributed by atoms with Crippen LogP contribution in [0.2, 0.25) is 0 Å². The van der Waals surface area contributed by atoms with Crippen LogP contribution in [-0.4, -0.2) is 27.8 Å². The van der Waals surface area contributed by atoms with Crippen LogP contribution in [0.25, 0.3) is 0 Å². The molecule has 1 N–H and O–H groups in total. The molecule has 2 amide bonds. The Labute approximate surface area is 138 Å². The lowest BCUT2D eigenvalue weighted by Gasteiger charge is -2.51. The highest BCUT2D eigenvalue weighted by Gasteiger charge is 2.59. The molecule has 0 spiro atoms. The van der Waals surface area contributed by atoms with Gasteiger partial charge in [-0.3, -0.25) is 9.59 Å². The van der Waals surface area contributed by atoms with Crippen LogP contribution in [0.5, 0.6) is 0 Å². The van der Waals surface area contributed by atoms with Crippen LogP contribution in [0.15, 0.2) is 30.3 Å². The molecule has 1 aliphatic carbocycles. The van der Waals surface area contributed by atoms with Crippen molar-refractivity contribution in [2.75, 3.05) is 0 Å². The Morgan fingerprint density at radius 1 is 1.13 bits per heavy atom. The quantitative estimate of drug-likeness (QED) is 0.908. The van der Waals surface area contributed by atoms with Gasteiger partial charge in [-0.1, -0.05) is 44.2 Å². The molecule has 0 radical (unpaired) electrons. The molecule has 2 fully saturated rings. The van der Waals surface area contributed by atoms with Crippen molar-refractivity contribution in [1.82, 2.24) is 10.2 Å². The number of benzene rings is 1. The monoisotopic (exact) mass is 314 g/mol. The molecule has 1 atom stereocenters. The number of hydrogen-bond acceptors (Lipinski definition) is 2. The molecule has 1 unspecified atom stereocenters. The molecule has 4 heteroatoms. The molecule has 0 bridgehead atoms. The molecule has 1 saturated carbocycles. The van der Waals surface area contributed by atoms with Crippen molar-refractivity contribution >= 4 is 11.8 Å². The summed E-state index contributed by atoms with van der Waals surface area (Å²) in [6.45, 7) is 6.39. The molecular formula is C19H26N2O2. The lowest BCUT2D eigenvalue weighted by molar-refractivity contribution is -0.165. The minimum Gasteiger partial charge on any atom is -0.340 e. The van der Waals surface area contributed by atoms with Gasteiger partial charge in [-0.2, -0.15) is 0 Å². The van der Waals surface area contributed by atoms with Gasteiger partial charge in [0.1, 0.15) is 11.1 Å². The Hall–Kier alpha value is -1.84. The second-order valence-electron chi connectivity index (χ2n) is 7.05. The van der Waals surface area contributed by atoms with Gasteiger partial charge in [0.2, 0.25) is 11.8 Å². The summed E-state index contributed by atoms with van der Waals surface area (Å²) in [5.41, 5.74) is -0.402. The first-order valence-electron chi connectivity index (χ1n) is 8.66. The number of carbonyl (C=O) groups is 2. The van der Waals surface area contributed by atoms with Gasteiger partial charge >= 0.3 is 0 Å². The third-order valence-electron chi connectivity index (χ3n) is 5.75. The summed E-state index contributed by atoms with van der Waals surface area (Å²) in [7, 11) is 0. The molecule has 0 aromatic heterocycles. The number of piperazine rings is 1. The minimum absolute atomic E-state index is 0.00688. The molecule has 1 heterocycles. The highest BCUT2D eigenvalue weighted by atomic mass is 16.2. The maximum Gasteiger partial charge on any atom is 0.249 e. The SMILES string of the molecule is CCC1(CC)C(=O)NC(C)(C2CC2)C(=O)N1Cc1ccccc1. The van der Waals surface area contributed by atoms with Gasteiger partial charge in [0.15, 0.2) is 0 Å². The summed E-state index contributed by atoms with van der Waals surface area (Å²) in [4.78, 5) is 28.1. The zero-order chi connectivity index (χ0) is 16.7. The van der Waals surface area contributed by atoms with E-state index in [0.717, 1.165) is 18.4 Å². The normalized spacial score (nSPS) is 27.0. The zero-order valence-corrected chi connectivity index (χ0v) is 14.3. The van der Waals surface area contributed by atoms with Gasteiger partial charge < -0.3 is 10.2 Å². The Balaban J connectivity index is 2.00. The summed E-state index contributed by atoms with van der Waals surface area (Å²) in [6.07, 6.45) is 3.31. The van der Waals surface area contributed by atoms with Gasteiger partial charge in [0.25, 0.3) is 0 Å². The molecule has 1 aromatic rings.